The van der Waals surface area contributed by atoms with E-state index >= 15 is 0 Å². The number of rotatable bonds is 5. The fraction of sp³-hybridized carbons (Fsp3) is 0.360. The molecule has 0 radical (unpaired) electrons. The summed E-state index contributed by atoms with van der Waals surface area (Å²) in [5, 5.41) is 9.85. The SMILES string of the molecule is CCc1ncc(-c2cc3ccc(N4CCOCC4)cn3n2)c2cc(NC(=O)C3CC3)ncc12. The summed E-state index contributed by atoms with van der Waals surface area (Å²) in [5.41, 5.74) is 4.92. The third kappa shape index (κ3) is 3.80. The van der Waals surface area contributed by atoms with Crippen molar-refractivity contribution in [3.8, 4) is 11.3 Å². The first-order chi connectivity index (χ1) is 16.2. The molecule has 0 atom stereocenters. The number of ether oxygens (including phenoxy) is 1. The van der Waals surface area contributed by atoms with Gasteiger partial charge in [0.05, 0.1) is 36.3 Å². The van der Waals surface area contributed by atoms with Crippen LogP contribution in [0.5, 0.6) is 0 Å². The van der Waals surface area contributed by atoms with E-state index in [2.05, 4.69) is 46.5 Å². The number of nitrogens with one attached hydrogen (secondary N) is 1. The predicted molar refractivity (Wildman–Crippen MR) is 127 cm³/mol. The molecule has 0 aromatic carbocycles. The van der Waals surface area contributed by atoms with E-state index in [-0.39, 0.29) is 11.8 Å². The molecule has 1 saturated carbocycles. The van der Waals surface area contributed by atoms with Crippen LogP contribution in [0.15, 0.2) is 42.9 Å². The molecular weight excluding hydrogens is 416 g/mol. The average molecular weight is 443 g/mol. The molecule has 2 aliphatic rings. The van der Waals surface area contributed by atoms with Crippen molar-refractivity contribution >= 4 is 33.7 Å². The molecule has 4 aromatic rings. The monoisotopic (exact) mass is 442 g/mol. The summed E-state index contributed by atoms with van der Waals surface area (Å²) in [6, 6.07) is 8.27. The van der Waals surface area contributed by atoms with Crippen LogP contribution in [0.2, 0.25) is 0 Å². The van der Waals surface area contributed by atoms with Crippen LogP contribution < -0.4 is 10.2 Å². The van der Waals surface area contributed by atoms with Gasteiger partial charge in [-0.3, -0.25) is 9.78 Å². The van der Waals surface area contributed by atoms with Gasteiger partial charge in [0.25, 0.3) is 0 Å². The fourth-order valence-electron chi connectivity index (χ4n) is 4.43. The lowest BCUT2D eigenvalue weighted by molar-refractivity contribution is -0.117. The first-order valence-electron chi connectivity index (χ1n) is 11.6. The van der Waals surface area contributed by atoms with Crippen LogP contribution in [-0.2, 0) is 16.0 Å². The van der Waals surface area contributed by atoms with Crippen LogP contribution in [0.1, 0.15) is 25.5 Å². The number of carbonyl (C=O) groups excluding carboxylic acids is 1. The van der Waals surface area contributed by atoms with Gasteiger partial charge in [0, 0.05) is 48.0 Å². The van der Waals surface area contributed by atoms with Gasteiger partial charge in [0.2, 0.25) is 5.91 Å². The number of hydrogen-bond donors (Lipinski definition) is 1. The molecule has 1 aliphatic heterocycles. The maximum absolute atomic E-state index is 12.3. The van der Waals surface area contributed by atoms with E-state index in [0.29, 0.717) is 5.82 Å². The quantitative estimate of drug-likeness (QED) is 0.507. The molecule has 8 nitrogen and oxygen atoms in total. The van der Waals surface area contributed by atoms with Crippen molar-refractivity contribution in [2.24, 2.45) is 5.92 Å². The summed E-state index contributed by atoms with van der Waals surface area (Å²) in [5.74, 6) is 0.758. The number of hydrogen-bond acceptors (Lipinski definition) is 6. The van der Waals surface area contributed by atoms with Crippen LogP contribution in [0, 0.1) is 5.92 Å². The first-order valence-corrected chi connectivity index (χ1v) is 11.6. The van der Waals surface area contributed by atoms with Gasteiger partial charge in [-0.25, -0.2) is 9.50 Å². The molecule has 1 amide bonds. The molecule has 1 saturated heterocycles. The van der Waals surface area contributed by atoms with Gasteiger partial charge in [-0.1, -0.05) is 6.92 Å². The number of amides is 1. The maximum atomic E-state index is 12.3. The topological polar surface area (TPSA) is 84.7 Å². The van der Waals surface area contributed by atoms with Crippen molar-refractivity contribution in [2.75, 3.05) is 36.5 Å². The van der Waals surface area contributed by atoms with E-state index in [0.717, 1.165) is 84.5 Å². The number of morpholine rings is 1. The second-order valence-corrected chi connectivity index (χ2v) is 8.74. The van der Waals surface area contributed by atoms with Crippen LogP contribution >= 0.6 is 0 Å². The summed E-state index contributed by atoms with van der Waals surface area (Å²) < 4.78 is 7.41. The lowest BCUT2D eigenvalue weighted by Gasteiger charge is -2.28. The van der Waals surface area contributed by atoms with Crippen LogP contribution in [-0.4, -0.2) is 51.8 Å². The minimum atomic E-state index is 0.0524. The number of nitrogens with zero attached hydrogens (tertiary/aromatic N) is 5. The maximum Gasteiger partial charge on any atom is 0.228 e. The number of anilines is 2. The fourth-order valence-corrected chi connectivity index (χ4v) is 4.43. The minimum Gasteiger partial charge on any atom is -0.378 e. The summed E-state index contributed by atoms with van der Waals surface area (Å²) in [7, 11) is 0. The van der Waals surface area contributed by atoms with Crippen molar-refractivity contribution in [1.82, 2.24) is 19.6 Å². The largest absolute Gasteiger partial charge is 0.378 e. The average Bonchev–Trinajstić information content (AvgIpc) is 3.62. The Morgan fingerprint density at radius 2 is 1.97 bits per heavy atom. The summed E-state index contributed by atoms with van der Waals surface area (Å²) in [6.07, 6.45) is 8.51. The normalized spacial score (nSPS) is 16.5. The number of aromatic nitrogens is 4. The van der Waals surface area contributed by atoms with E-state index < -0.39 is 0 Å². The highest BCUT2D eigenvalue weighted by atomic mass is 16.5. The Labute approximate surface area is 191 Å². The van der Waals surface area contributed by atoms with E-state index in [4.69, 9.17) is 14.8 Å². The van der Waals surface area contributed by atoms with Gasteiger partial charge in [-0.05, 0) is 48.9 Å². The highest BCUT2D eigenvalue weighted by molar-refractivity contribution is 6.00. The van der Waals surface area contributed by atoms with Crippen LogP contribution in [0.3, 0.4) is 0 Å². The van der Waals surface area contributed by atoms with E-state index in [9.17, 15) is 4.79 Å². The summed E-state index contributed by atoms with van der Waals surface area (Å²) in [6.45, 7) is 5.35. The predicted octanol–water partition coefficient (Wildman–Crippen LogP) is 3.69. The van der Waals surface area contributed by atoms with Gasteiger partial charge in [0.15, 0.2) is 0 Å². The van der Waals surface area contributed by atoms with Crippen molar-refractivity contribution in [1.29, 1.82) is 0 Å². The van der Waals surface area contributed by atoms with E-state index in [1.807, 2.05) is 23.0 Å². The van der Waals surface area contributed by atoms with Gasteiger partial charge in [-0.15, -0.1) is 0 Å². The third-order valence-corrected chi connectivity index (χ3v) is 6.49. The molecule has 1 N–H and O–H groups in total. The molecule has 6 rings (SSSR count). The Morgan fingerprint density at radius 3 is 2.76 bits per heavy atom. The van der Waals surface area contributed by atoms with E-state index in [1.165, 1.54) is 0 Å². The molecule has 0 spiro atoms. The lowest BCUT2D eigenvalue weighted by Crippen LogP contribution is -2.36. The molecular formula is C25H26N6O2. The standard InChI is InChI=1S/C25H26N6O2/c1-2-22-20-14-27-24(28-25(32)16-3-4-16)12-19(20)21(13-26-22)23-11-17-5-6-18(15-31(17)29-23)30-7-9-33-10-8-30/h5-6,11-16H,2-4,7-10H2,1H3,(H,27,28,32). The Bertz CT molecular complexity index is 1350. The molecule has 0 unspecified atom stereocenters. The zero-order valence-corrected chi connectivity index (χ0v) is 18.6. The number of fused-ring (bicyclic) bond motifs is 2. The molecule has 8 heteroatoms. The smallest absolute Gasteiger partial charge is 0.228 e. The van der Waals surface area contributed by atoms with Gasteiger partial charge in [-0.2, -0.15) is 5.10 Å². The third-order valence-electron chi connectivity index (χ3n) is 6.49. The molecule has 4 aromatic heterocycles. The molecule has 5 heterocycles. The number of aryl methyl sites for hydroxylation is 1. The van der Waals surface area contributed by atoms with Gasteiger partial charge < -0.3 is 15.0 Å². The first kappa shape index (κ1) is 20.1. The zero-order valence-electron chi connectivity index (χ0n) is 18.6. The molecule has 2 fully saturated rings. The zero-order chi connectivity index (χ0) is 22.4. The molecule has 168 valence electrons. The number of pyridine rings is 3. The van der Waals surface area contributed by atoms with Crippen LogP contribution in [0.25, 0.3) is 27.5 Å². The molecule has 0 bridgehead atoms. The van der Waals surface area contributed by atoms with Crippen molar-refractivity contribution in [2.45, 2.75) is 26.2 Å². The molecule has 33 heavy (non-hydrogen) atoms. The highest BCUT2D eigenvalue weighted by Crippen LogP contribution is 2.33. The highest BCUT2D eigenvalue weighted by Gasteiger charge is 2.30. The molecule has 1 aliphatic carbocycles. The Hall–Kier alpha value is -3.52. The summed E-state index contributed by atoms with van der Waals surface area (Å²) in [4.78, 5) is 23.8. The van der Waals surface area contributed by atoms with Crippen molar-refractivity contribution < 1.29 is 9.53 Å². The Morgan fingerprint density at radius 1 is 1.12 bits per heavy atom. The Balaban J connectivity index is 1.41. The van der Waals surface area contributed by atoms with Crippen molar-refractivity contribution in [3.63, 3.8) is 0 Å². The minimum absolute atomic E-state index is 0.0524. The second-order valence-electron chi connectivity index (χ2n) is 8.74. The van der Waals surface area contributed by atoms with Gasteiger partial charge in [0.1, 0.15) is 5.82 Å². The van der Waals surface area contributed by atoms with Crippen molar-refractivity contribution in [3.05, 3.63) is 48.5 Å². The second kappa shape index (κ2) is 8.12. The Kier molecular flexibility index (Phi) is 4.95. The van der Waals surface area contributed by atoms with Crippen LogP contribution in [0.4, 0.5) is 11.5 Å². The summed E-state index contributed by atoms with van der Waals surface area (Å²) >= 11 is 0. The van der Waals surface area contributed by atoms with Gasteiger partial charge >= 0.3 is 0 Å². The van der Waals surface area contributed by atoms with E-state index in [1.54, 1.807) is 0 Å². The lowest BCUT2D eigenvalue weighted by atomic mass is 10.0. The number of carbonyl (C=O) groups is 1.